The van der Waals surface area contributed by atoms with Gasteiger partial charge in [0.2, 0.25) is 0 Å². The van der Waals surface area contributed by atoms with Gasteiger partial charge < -0.3 is 15.3 Å². The highest BCUT2D eigenvalue weighted by molar-refractivity contribution is 5.93. The number of carbonyl (C=O) groups excluding carboxylic acids is 1. The molecule has 0 radical (unpaired) electrons. The van der Waals surface area contributed by atoms with E-state index < -0.39 is 0 Å². The molecule has 0 spiro atoms. The van der Waals surface area contributed by atoms with Crippen LogP contribution in [0.2, 0.25) is 0 Å². The maximum absolute atomic E-state index is 12.2. The molecule has 5 heteroatoms. The molecule has 1 aliphatic heterocycles. The van der Waals surface area contributed by atoms with Crippen LogP contribution in [-0.4, -0.2) is 41.7 Å². The van der Waals surface area contributed by atoms with Crippen molar-refractivity contribution in [2.45, 2.75) is 53.0 Å². The molecule has 0 unspecified atom stereocenters. The summed E-state index contributed by atoms with van der Waals surface area (Å²) >= 11 is 0. The van der Waals surface area contributed by atoms with Crippen molar-refractivity contribution >= 4 is 11.6 Å². The van der Waals surface area contributed by atoms with Gasteiger partial charge in [0.25, 0.3) is 5.91 Å². The topological polar surface area (TPSA) is 65.5 Å². The molecule has 2 N–H and O–H groups in total. The van der Waals surface area contributed by atoms with Gasteiger partial charge in [-0.3, -0.25) is 9.78 Å². The Morgan fingerprint density at radius 2 is 2.17 bits per heavy atom. The van der Waals surface area contributed by atoms with Crippen LogP contribution in [0.3, 0.4) is 0 Å². The molecule has 24 heavy (non-hydrogen) atoms. The number of pyridine rings is 1. The third-order valence-corrected chi connectivity index (χ3v) is 4.60. The number of nitrogens with one attached hydrogen (secondary N) is 1. The van der Waals surface area contributed by atoms with E-state index in [-0.39, 0.29) is 24.0 Å². The van der Waals surface area contributed by atoms with Crippen LogP contribution in [0, 0.1) is 11.3 Å². The summed E-state index contributed by atoms with van der Waals surface area (Å²) < 4.78 is 0. The smallest absolute Gasteiger partial charge is 0.270 e. The van der Waals surface area contributed by atoms with Crippen LogP contribution >= 0.6 is 0 Å². The lowest BCUT2D eigenvalue weighted by Gasteiger charge is -2.44. The molecule has 1 amide bonds. The van der Waals surface area contributed by atoms with Crippen LogP contribution in [0.4, 0.5) is 5.69 Å². The first kappa shape index (κ1) is 18.7. The molecule has 1 aliphatic rings. The van der Waals surface area contributed by atoms with Crippen molar-refractivity contribution in [3.63, 3.8) is 0 Å². The van der Waals surface area contributed by atoms with Gasteiger partial charge in [0.15, 0.2) is 0 Å². The highest BCUT2D eigenvalue weighted by atomic mass is 16.3. The summed E-state index contributed by atoms with van der Waals surface area (Å²) in [5, 5.41) is 12.9. The number of amides is 1. The highest BCUT2D eigenvalue weighted by Gasteiger charge is 2.35. The maximum Gasteiger partial charge on any atom is 0.270 e. The predicted molar refractivity (Wildman–Crippen MR) is 97.3 cm³/mol. The van der Waals surface area contributed by atoms with E-state index >= 15 is 0 Å². The third-order valence-electron chi connectivity index (χ3n) is 4.60. The molecule has 1 atom stereocenters. The van der Waals surface area contributed by atoms with Crippen LogP contribution < -0.4 is 10.2 Å². The van der Waals surface area contributed by atoms with E-state index in [1.165, 1.54) is 0 Å². The molecule has 2 heterocycles. The van der Waals surface area contributed by atoms with Crippen molar-refractivity contribution in [3.8, 4) is 0 Å². The normalized spacial score (nSPS) is 21.4. The zero-order valence-corrected chi connectivity index (χ0v) is 15.4. The van der Waals surface area contributed by atoms with Crippen molar-refractivity contribution < 1.29 is 9.90 Å². The molecule has 1 aromatic heterocycles. The number of aliphatic hydroxyl groups is 1. The van der Waals surface area contributed by atoms with Crippen molar-refractivity contribution in [1.29, 1.82) is 0 Å². The lowest BCUT2D eigenvalue weighted by molar-refractivity contribution is 0.0832. The van der Waals surface area contributed by atoms with Gasteiger partial charge in [-0.25, -0.2) is 0 Å². The average molecular weight is 333 g/mol. The van der Waals surface area contributed by atoms with Crippen molar-refractivity contribution in [2.75, 3.05) is 24.6 Å². The number of aromatic nitrogens is 1. The van der Waals surface area contributed by atoms with Gasteiger partial charge in [0.1, 0.15) is 5.69 Å². The molecule has 0 aromatic carbocycles. The van der Waals surface area contributed by atoms with E-state index in [1.807, 2.05) is 26.0 Å². The second-order valence-corrected chi connectivity index (χ2v) is 7.81. The molecule has 1 fully saturated rings. The number of rotatable bonds is 6. The van der Waals surface area contributed by atoms with Crippen LogP contribution in [0.15, 0.2) is 18.3 Å². The molecule has 1 aromatic rings. The molecular formula is C19H31N3O2. The van der Waals surface area contributed by atoms with Crippen LogP contribution in [0.25, 0.3) is 0 Å². The summed E-state index contributed by atoms with van der Waals surface area (Å²) in [5.74, 6) is 0.418. The Bertz CT molecular complexity index is 559. The number of piperidine rings is 1. The summed E-state index contributed by atoms with van der Waals surface area (Å²) in [5.41, 5.74) is 1.42. The zero-order valence-electron chi connectivity index (χ0n) is 15.4. The van der Waals surface area contributed by atoms with Gasteiger partial charge in [-0.05, 0) is 51.2 Å². The summed E-state index contributed by atoms with van der Waals surface area (Å²) in [6, 6.07) is 3.90. The molecule has 0 aliphatic carbocycles. The Labute approximate surface area is 145 Å². The molecular weight excluding hydrogens is 302 g/mol. The molecule has 5 nitrogen and oxygen atoms in total. The largest absolute Gasteiger partial charge is 0.396 e. The van der Waals surface area contributed by atoms with Crippen molar-refractivity contribution in [3.05, 3.63) is 24.0 Å². The van der Waals surface area contributed by atoms with E-state index in [9.17, 15) is 9.90 Å². The van der Waals surface area contributed by atoms with Gasteiger partial charge in [-0.2, -0.15) is 0 Å². The number of aliphatic hydroxyl groups excluding tert-OH is 1. The number of carbonyl (C=O) groups is 1. The Balaban J connectivity index is 2.17. The van der Waals surface area contributed by atoms with Gasteiger partial charge in [-0.1, -0.05) is 13.8 Å². The van der Waals surface area contributed by atoms with Crippen LogP contribution in [0.1, 0.15) is 57.4 Å². The molecule has 2 rings (SSSR count). The van der Waals surface area contributed by atoms with Crippen molar-refractivity contribution in [1.82, 2.24) is 10.3 Å². The minimum Gasteiger partial charge on any atom is -0.396 e. The van der Waals surface area contributed by atoms with E-state index in [0.717, 1.165) is 38.0 Å². The van der Waals surface area contributed by atoms with E-state index in [1.54, 1.807) is 6.20 Å². The van der Waals surface area contributed by atoms with E-state index in [0.29, 0.717) is 11.6 Å². The van der Waals surface area contributed by atoms with Gasteiger partial charge in [-0.15, -0.1) is 0 Å². The molecule has 0 saturated carbocycles. The fraction of sp³-hybridized carbons (Fsp3) is 0.684. The maximum atomic E-state index is 12.2. The summed E-state index contributed by atoms with van der Waals surface area (Å²) in [6.45, 7) is 10.3. The monoisotopic (exact) mass is 333 g/mol. The summed E-state index contributed by atoms with van der Waals surface area (Å²) in [4.78, 5) is 18.7. The SMILES string of the molecule is CC(C)C[C@@]1(CO)CCCN(c2ccnc(C(=O)NC(C)C)c2)C1. The van der Waals surface area contributed by atoms with Crippen LogP contribution in [-0.2, 0) is 0 Å². The first-order valence-corrected chi connectivity index (χ1v) is 8.98. The van der Waals surface area contributed by atoms with E-state index in [2.05, 4.69) is 29.0 Å². The van der Waals surface area contributed by atoms with Gasteiger partial charge >= 0.3 is 0 Å². The predicted octanol–water partition coefficient (Wildman–Crippen LogP) is 2.84. The Hall–Kier alpha value is -1.62. The molecule has 0 bridgehead atoms. The standard InChI is InChI=1S/C19H31N3O2/c1-14(2)11-19(13-23)7-5-9-22(12-19)16-6-8-20-17(10-16)18(24)21-15(3)4/h6,8,10,14-15,23H,5,7,9,11-13H2,1-4H3,(H,21,24)/t19-/m0/s1. The Morgan fingerprint density at radius 3 is 2.79 bits per heavy atom. The van der Waals surface area contributed by atoms with Crippen LogP contribution in [0.5, 0.6) is 0 Å². The van der Waals surface area contributed by atoms with Gasteiger partial charge in [0.05, 0.1) is 6.61 Å². The molecule has 1 saturated heterocycles. The fourth-order valence-corrected chi connectivity index (χ4v) is 3.73. The quantitative estimate of drug-likeness (QED) is 0.840. The third kappa shape index (κ3) is 4.69. The number of anilines is 1. The number of hydrogen-bond donors (Lipinski definition) is 2. The minimum atomic E-state index is -0.139. The lowest BCUT2D eigenvalue weighted by atomic mass is 9.74. The Kier molecular flexibility index (Phi) is 6.21. The summed E-state index contributed by atoms with van der Waals surface area (Å²) in [6.07, 6.45) is 4.83. The van der Waals surface area contributed by atoms with Crippen molar-refractivity contribution in [2.24, 2.45) is 11.3 Å². The summed E-state index contributed by atoms with van der Waals surface area (Å²) in [7, 11) is 0. The second-order valence-electron chi connectivity index (χ2n) is 7.81. The zero-order chi connectivity index (χ0) is 17.7. The first-order chi connectivity index (χ1) is 11.3. The fourth-order valence-electron chi connectivity index (χ4n) is 3.73. The molecule has 134 valence electrons. The average Bonchev–Trinajstić information content (AvgIpc) is 2.54. The number of nitrogens with zero attached hydrogens (tertiary/aromatic N) is 2. The lowest BCUT2D eigenvalue weighted by Crippen LogP contribution is -2.46. The first-order valence-electron chi connectivity index (χ1n) is 8.98. The Morgan fingerprint density at radius 1 is 1.42 bits per heavy atom. The van der Waals surface area contributed by atoms with E-state index in [4.69, 9.17) is 0 Å². The second kappa shape index (κ2) is 7.97. The minimum absolute atomic E-state index is 0.0456. The number of hydrogen-bond acceptors (Lipinski definition) is 4. The highest BCUT2D eigenvalue weighted by Crippen LogP contribution is 2.37. The van der Waals surface area contributed by atoms with Gasteiger partial charge in [0, 0.05) is 36.4 Å².